The monoisotopic (exact) mass is 378 g/mol. The summed E-state index contributed by atoms with van der Waals surface area (Å²) >= 11 is 0. The fraction of sp³-hybridized carbons (Fsp3) is 0.250. The minimum atomic E-state index is -0.440. The first-order valence-corrected chi connectivity index (χ1v) is 9.18. The van der Waals surface area contributed by atoms with Crippen molar-refractivity contribution in [1.82, 2.24) is 0 Å². The number of allylic oxidation sites excluding steroid dienone is 4. The van der Waals surface area contributed by atoms with Crippen LogP contribution in [-0.2, 0) is 15.0 Å². The van der Waals surface area contributed by atoms with Gasteiger partial charge in [0, 0.05) is 19.3 Å². The average molecular weight is 378 g/mol. The van der Waals surface area contributed by atoms with Gasteiger partial charge in [-0.3, -0.25) is 9.59 Å². The van der Waals surface area contributed by atoms with Gasteiger partial charge in [0.05, 0.1) is 0 Å². The molecule has 2 rings (SSSR count). The largest absolute Gasteiger partial charge is 0.427 e. The van der Waals surface area contributed by atoms with Crippen LogP contribution in [0.4, 0.5) is 0 Å². The Morgan fingerprint density at radius 3 is 1.46 bits per heavy atom. The van der Waals surface area contributed by atoms with E-state index < -0.39 is 5.41 Å². The second kappa shape index (κ2) is 9.18. The van der Waals surface area contributed by atoms with Crippen LogP contribution < -0.4 is 9.47 Å². The molecule has 2 aromatic rings. The molecule has 146 valence electrons. The maximum atomic E-state index is 11.2. The van der Waals surface area contributed by atoms with Gasteiger partial charge in [-0.05, 0) is 61.7 Å². The first-order valence-electron chi connectivity index (χ1n) is 9.18. The molecule has 0 spiro atoms. The van der Waals surface area contributed by atoms with Crippen molar-refractivity contribution in [3.05, 3.63) is 83.5 Å². The van der Waals surface area contributed by atoms with Gasteiger partial charge in [0.1, 0.15) is 11.5 Å². The second-order valence-electron chi connectivity index (χ2n) is 6.61. The summed E-state index contributed by atoms with van der Waals surface area (Å²) in [7, 11) is 0. The quantitative estimate of drug-likeness (QED) is 0.385. The molecule has 0 aliphatic rings. The smallest absolute Gasteiger partial charge is 0.308 e. The third-order valence-corrected chi connectivity index (χ3v) is 4.62. The van der Waals surface area contributed by atoms with Crippen LogP contribution >= 0.6 is 0 Å². The summed E-state index contributed by atoms with van der Waals surface area (Å²) < 4.78 is 10.3. The lowest BCUT2D eigenvalue weighted by molar-refractivity contribution is -0.132. The fourth-order valence-corrected chi connectivity index (χ4v) is 3.28. The van der Waals surface area contributed by atoms with E-state index in [1.807, 2.05) is 44.2 Å². The van der Waals surface area contributed by atoms with Crippen molar-refractivity contribution in [2.45, 2.75) is 40.0 Å². The Bertz CT molecular complexity index is 828. The zero-order valence-corrected chi connectivity index (χ0v) is 17.0. The third kappa shape index (κ3) is 4.77. The topological polar surface area (TPSA) is 52.6 Å². The van der Waals surface area contributed by atoms with Crippen molar-refractivity contribution >= 4 is 11.9 Å². The Hall–Kier alpha value is -3.14. The molecule has 2 aromatic carbocycles. The summed E-state index contributed by atoms with van der Waals surface area (Å²) in [4.78, 5) is 22.4. The van der Waals surface area contributed by atoms with Gasteiger partial charge in [-0.25, -0.2) is 0 Å². The Balaban J connectivity index is 2.54. The highest BCUT2D eigenvalue weighted by Gasteiger charge is 2.31. The number of carbonyl (C=O) groups excluding carboxylic acids is 2. The summed E-state index contributed by atoms with van der Waals surface area (Å²) in [6.07, 6.45) is 6.17. The minimum Gasteiger partial charge on any atom is -0.427 e. The molecule has 0 heterocycles. The van der Waals surface area contributed by atoms with E-state index in [4.69, 9.17) is 9.47 Å². The normalized spacial score (nSPS) is 12.1. The first kappa shape index (κ1) is 21.2. The van der Waals surface area contributed by atoms with E-state index in [1.165, 1.54) is 13.8 Å². The maximum Gasteiger partial charge on any atom is 0.308 e. The van der Waals surface area contributed by atoms with E-state index in [-0.39, 0.29) is 11.9 Å². The van der Waals surface area contributed by atoms with E-state index in [1.54, 1.807) is 24.3 Å². The van der Waals surface area contributed by atoms with Crippen LogP contribution in [0, 0.1) is 0 Å². The van der Waals surface area contributed by atoms with Crippen molar-refractivity contribution in [2.75, 3.05) is 0 Å². The molecule has 0 bridgehead atoms. The molecule has 0 amide bonds. The van der Waals surface area contributed by atoms with Gasteiger partial charge in [0.25, 0.3) is 0 Å². The number of carbonyl (C=O) groups is 2. The Morgan fingerprint density at radius 2 is 1.18 bits per heavy atom. The zero-order valence-electron chi connectivity index (χ0n) is 17.0. The van der Waals surface area contributed by atoms with E-state index in [9.17, 15) is 9.59 Å². The van der Waals surface area contributed by atoms with Crippen LogP contribution in [-0.4, -0.2) is 11.9 Å². The van der Waals surface area contributed by atoms with E-state index in [0.29, 0.717) is 11.5 Å². The molecule has 0 fully saturated rings. The summed E-state index contributed by atoms with van der Waals surface area (Å²) in [5.74, 6) is 0.327. The molecule has 28 heavy (non-hydrogen) atoms. The maximum absolute atomic E-state index is 11.2. The highest BCUT2D eigenvalue weighted by molar-refractivity contribution is 5.70. The molecule has 0 N–H and O–H groups in total. The van der Waals surface area contributed by atoms with Gasteiger partial charge in [0.15, 0.2) is 0 Å². The summed E-state index contributed by atoms with van der Waals surface area (Å²) in [5.41, 5.74) is 2.78. The molecule has 0 saturated carbocycles. The van der Waals surface area contributed by atoms with Crippen molar-refractivity contribution in [2.24, 2.45) is 0 Å². The van der Waals surface area contributed by atoms with Crippen molar-refractivity contribution in [1.29, 1.82) is 0 Å². The molecule has 0 atom stereocenters. The van der Waals surface area contributed by atoms with Crippen LogP contribution in [0.25, 0.3) is 0 Å². The molecule has 0 radical (unpaired) electrons. The number of hydrogen-bond acceptors (Lipinski definition) is 4. The molecule has 4 nitrogen and oxygen atoms in total. The summed E-state index contributed by atoms with van der Waals surface area (Å²) in [6.45, 7) is 8.90. The Kier molecular flexibility index (Phi) is 6.94. The van der Waals surface area contributed by atoms with Crippen molar-refractivity contribution in [3.8, 4) is 11.5 Å². The minimum absolute atomic E-state index is 0.348. The van der Waals surface area contributed by atoms with Gasteiger partial charge >= 0.3 is 11.9 Å². The van der Waals surface area contributed by atoms with Gasteiger partial charge in [-0.1, -0.05) is 42.5 Å². The molecule has 0 aromatic heterocycles. The number of hydrogen-bond donors (Lipinski definition) is 0. The molecule has 0 unspecified atom stereocenters. The van der Waals surface area contributed by atoms with Crippen LogP contribution in [0.3, 0.4) is 0 Å². The molecule has 0 aliphatic carbocycles. The molecular weight excluding hydrogens is 352 g/mol. The molecule has 0 aliphatic heterocycles. The zero-order chi connectivity index (χ0) is 20.7. The summed E-state index contributed by atoms with van der Waals surface area (Å²) in [6, 6.07) is 15.0. The van der Waals surface area contributed by atoms with Gasteiger partial charge in [0.2, 0.25) is 0 Å². The number of esters is 2. The van der Waals surface area contributed by atoms with Gasteiger partial charge < -0.3 is 9.47 Å². The fourth-order valence-electron chi connectivity index (χ4n) is 3.28. The Labute approximate surface area is 166 Å². The van der Waals surface area contributed by atoms with E-state index in [2.05, 4.69) is 19.1 Å². The van der Waals surface area contributed by atoms with Crippen molar-refractivity contribution in [3.63, 3.8) is 0 Å². The first-order chi connectivity index (χ1) is 13.3. The van der Waals surface area contributed by atoms with E-state index in [0.717, 1.165) is 16.7 Å². The predicted molar refractivity (Wildman–Crippen MR) is 111 cm³/mol. The molecule has 0 saturated heterocycles. The van der Waals surface area contributed by atoms with E-state index >= 15 is 0 Å². The number of ether oxygens (including phenoxy) is 2. The Morgan fingerprint density at radius 1 is 0.786 bits per heavy atom. The number of rotatable bonds is 6. The van der Waals surface area contributed by atoms with Crippen LogP contribution in [0.2, 0.25) is 0 Å². The molecular formula is C24H26O4. The predicted octanol–water partition coefficient (Wildman–Crippen LogP) is 5.37. The van der Waals surface area contributed by atoms with Gasteiger partial charge in [-0.2, -0.15) is 0 Å². The number of benzene rings is 2. The lowest BCUT2D eigenvalue weighted by Gasteiger charge is -2.33. The highest BCUT2D eigenvalue weighted by atomic mass is 16.5. The molecule has 4 heteroatoms. The van der Waals surface area contributed by atoms with Crippen molar-refractivity contribution < 1.29 is 19.1 Å². The standard InChI is InChI=1S/C24H26O4/c1-6-8-19(7-2)24(5,20-9-13-22(14-10-20)27-17(3)25)21-11-15-23(16-12-21)28-18(4)26/h6-16H,1-5H3/b8-6-,19-7+. The van der Waals surface area contributed by atoms with Gasteiger partial charge in [-0.15, -0.1) is 0 Å². The lowest BCUT2D eigenvalue weighted by atomic mass is 9.70. The van der Waals surface area contributed by atoms with Crippen LogP contribution in [0.1, 0.15) is 45.7 Å². The second-order valence-corrected chi connectivity index (χ2v) is 6.61. The van der Waals surface area contributed by atoms with Crippen LogP contribution in [0.15, 0.2) is 72.3 Å². The SMILES string of the molecule is C/C=C\C(=C/C)C(C)(c1ccc(OC(C)=O)cc1)c1ccc(OC(C)=O)cc1. The van der Waals surface area contributed by atoms with Crippen LogP contribution in [0.5, 0.6) is 11.5 Å². The highest BCUT2D eigenvalue weighted by Crippen LogP contribution is 2.40. The third-order valence-electron chi connectivity index (χ3n) is 4.62. The lowest BCUT2D eigenvalue weighted by Crippen LogP contribution is -2.25. The average Bonchev–Trinajstić information content (AvgIpc) is 2.65. The summed E-state index contributed by atoms with van der Waals surface area (Å²) in [5, 5.41) is 0.